The summed E-state index contributed by atoms with van der Waals surface area (Å²) in [7, 11) is 0. The average molecular weight is 455 g/mol. The Morgan fingerprint density at radius 3 is 2.56 bits per heavy atom. The number of nitrogens with one attached hydrogen (secondary N) is 2. The number of carbonyl (C=O) groups excluding carboxylic acids is 2. The predicted octanol–water partition coefficient (Wildman–Crippen LogP) is 4.48. The van der Waals surface area contributed by atoms with Crippen LogP contribution < -0.4 is 10.6 Å². The number of fused-ring (bicyclic) bond motifs is 1. The van der Waals surface area contributed by atoms with Gasteiger partial charge in [-0.2, -0.15) is 5.10 Å². The zero-order valence-electron chi connectivity index (χ0n) is 18.4. The van der Waals surface area contributed by atoms with E-state index in [4.69, 9.17) is 5.10 Å². The quantitative estimate of drug-likeness (QED) is 0.451. The lowest BCUT2D eigenvalue weighted by molar-refractivity contribution is -0.126. The van der Waals surface area contributed by atoms with Crippen LogP contribution in [0.1, 0.15) is 29.0 Å². The number of anilines is 1. The van der Waals surface area contributed by atoms with Crippen LogP contribution in [0.3, 0.4) is 0 Å². The first-order chi connectivity index (χ1) is 16.6. The molecule has 1 atom stereocenters. The molecule has 5 rings (SSSR count). The van der Waals surface area contributed by atoms with Gasteiger partial charge in [-0.3, -0.25) is 14.3 Å². The van der Waals surface area contributed by atoms with Crippen LogP contribution in [0.4, 0.5) is 10.1 Å². The van der Waals surface area contributed by atoms with Crippen LogP contribution in [-0.4, -0.2) is 21.6 Å². The Labute approximate surface area is 196 Å². The molecule has 2 N–H and O–H groups in total. The van der Waals surface area contributed by atoms with Crippen molar-refractivity contribution in [2.24, 2.45) is 0 Å². The number of benzene rings is 3. The first kappa shape index (κ1) is 21.6. The topological polar surface area (TPSA) is 76.0 Å². The summed E-state index contributed by atoms with van der Waals surface area (Å²) in [5.41, 5.74) is 4.70. The van der Waals surface area contributed by atoms with E-state index < -0.39 is 11.7 Å². The van der Waals surface area contributed by atoms with Gasteiger partial charge in [0.1, 0.15) is 5.82 Å². The second kappa shape index (κ2) is 9.31. The Morgan fingerprint density at radius 2 is 1.79 bits per heavy atom. The highest BCUT2D eigenvalue weighted by atomic mass is 19.1. The van der Waals surface area contributed by atoms with Gasteiger partial charge in [0.05, 0.1) is 18.2 Å². The van der Waals surface area contributed by atoms with Crippen LogP contribution in [0.15, 0.2) is 85.1 Å². The lowest BCUT2D eigenvalue weighted by Crippen LogP contribution is -2.34. The summed E-state index contributed by atoms with van der Waals surface area (Å²) in [6, 6.07) is 23.9. The molecule has 0 fully saturated rings. The van der Waals surface area contributed by atoms with Crippen LogP contribution >= 0.6 is 0 Å². The van der Waals surface area contributed by atoms with E-state index in [1.807, 2.05) is 71.5 Å². The maximum absolute atomic E-state index is 13.6. The predicted molar refractivity (Wildman–Crippen MR) is 127 cm³/mol. The first-order valence-corrected chi connectivity index (χ1v) is 11.1. The molecule has 1 aromatic heterocycles. The molecular weight excluding hydrogens is 431 g/mol. The third-order valence-electron chi connectivity index (χ3n) is 5.90. The maximum atomic E-state index is 13.6. The normalized spacial score (nSPS) is 14.9. The fraction of sp³-hybridized carbons (Fsp3) is 0.148. The summed E-state index contributed by atoms with van der Waals surface area (Å²) >= 11 is 0. The molecule has 1 aliphatic heterocycles. The van der Waals surface area contributed by atoms with Crippen molar-refractivity contribution in [3.05, 3.63) is 108 Å². The van der Waals surface area contributed by atoms with Gasteiger partial charge in [0, 0.05) is 36.0 Å². The number of nitrogens with zero attached hydrogens (tertiary/aromatic N) is 2. The smallest absolute Gasteiger partial charge is 0.228 e. The molecule has 3 aromatic carbocycles. The van der Waals surface area contributed by atoms with Gasteiger partial charge in [0.25, 0.3) is 0 Å². The van der Waals surface area contributed by atoms with Crippen molar-refractivity contribution in [2.75, 3.05) is 5.32 Å². The molecule has 0 spiro atoms. The molecule has 0 radical (unpaired) electrons. The largest absolute Gasteiger partial charge is 0.351 e. The fourth-order valence-electron chi connectivity index (χ4n) is 4.26. The number of aromatic nitrogens is 2. The number of hydrogen-bond acceptors (Lipinski definition) is 3. The summed E-state index contributed by atoms with van der Waals surface area (Å²) in [5.74, 6) is -1.72. The second-order valence-electron chi connectivity index (χ2n) is 8.31. The molecule has 0 bridgehead atoms. The van der Waals surface area contributed by atoms with Crippen LogP contribution in [0, 0.1) is 5.82 Å². The monoisotopic (exact) mass is 454 g/mol. The third-order valence-corrected chi connectivity index (χ3v) is 5.90. The minimum absolute atomic E-state index is 0.0171. The Bertz CT molecular complexity index is 1340. The lowest BCUT2D eigenvalue weighted by atomic mass is 9.89. The SMILES string of the molecule is O=C1C[C@H](C(=O)NCc2cn(Cc3ccccc3)nc2-c2ccccc2)c2ccc(F)cc2N1. The van der Waals surface area contributed by atoms with E-state index in [-0.39, 0.29) is 24.8 Å². The van der Waals surface area contributed by atoms with Crippen LogP contribution in [0.5, 0.6) is 0 Å². The number of hydrogen-bond donors (Lipinski definition) is 2. The zero-order chi connectivity index (χ0) is 23.5. The molecule has 1 aliphatic rings. The Balaban J connectivity index is 1.39. The molecule has 2 amide bonds. The van der Waals surface area contributed by atoms with Gasteiger partial charge in [0.15, 0.2) is 0 Å². The van der Waals surface area contributed by atoms with Crippen LogP contribution in [0.2, 0.25) is 0 Å². The Hall–Kier alpha value is -4.26. The van der Waals surface area contributed by atoms with Crippen LogP contribution in [0.25, 0.3) is 11.3 Å². The highest BCUT2D eigenvalue weighted by Gasteiger charge is 2.31. The maximum Gasteiger partial charge on any atom is 0.228 e. The number of rotatable bonds is 6. The van der Waals surface area contributed by atoms with E-state index >= 15 is 0 Å². The molecule has 0 aliphatic carbocycles. The summed E-state index contributed by atoms with van der Waals surface area (Å²) < 4.78 is 15.5. The van der Waals surface area contributed by atoms with E-state index in [9.17, 15) is 14.0 Å². The Kier molecular flexibility index (Phi) is 5.91. The molecule has 0 saturated heterocycles. The molecule has 0 unspecified atom stereocenters. The molecular formula is C27H23FN4O2. The van der Waals surface area contributed by atoms with E-state index in [1.54, 1.807) is 6.07 Å². The second-order valence-corrected chi connectivity index (χ2v) is 8.31. The van der Waals surface area contributed by atoms with Gasteiger partial charge >= 0.3 is 0 Å². The fourth-order valence-corrected chi connectivity index (χ4v) is 4.26. The van der Waals surface area contributed by atoms with Crippen molar-refractivity contribution in [3.8, 4) is 11.3 Å². The van der Waals surface area contributed by atoms with Gasteiger partial charge in [-0.15, -0.1) is 0 Å². The molecule has 2 heterocycles. The number of halogens is 1. The highest BCUT2D eigenvalue weighted by molar-refractivity contribution is 6.01. The van der Waals surface area contributed by atoms with E-state index in [2.05, 4.69) is 10.6 Å². The summed E-state index contributed by atoms with van der Waals surface area (Å²) in [6.45, 7) is 0.864. The van der Waals surface area contributed by atoms with Crippen molar-refractivity contribution in [3.63, 3.8) is 0 Å². The summed E-state index contributed by atoms with van der Waals surface area (Å²) in [5, 5.41) is 10.4. The summed E-state index contributed by atoms with van der Waals surface area (Å²) in [4.78, 5) is 25.2. The molecule has 0 saturated carbocycles. The minimum atomic E-state index is -0.677. The van der Waals surface area contributed by atoms with Crippen molar-refractivity contribution >= 4 is 17.5 Å². The van der Waals surface area contributed by atoms with Crippen LogP contribution in [-0.2, 0) is 22.7 Å². The molecule has 34 heavy (non-hydrogen) atoms. The third kappa shape index (κ3) is 4.59. The average Bonchev–Trinajstić information content (AvgIpc) is 3.25. The van der Waals surface area contributed by atoms with Crippen molar-refractivity contribution in [1.82, 2.24) is 15.1 Å². The molecule has 7 heteroatoms. The van der Waals surface area contributed by atoms with Gasteiger partial charge in [-0.25, -0.2) is 4.39 Å². The van der Waals surface area contributed by atoms with Gasteiger partial charge < -0.3 is 10.6 Å². The molecule has 170 valence electrons. The number of amides is 2. The van der Waals surface area contributed by atoms with Gasteiger partial charge in [-0.1, -0.05) is 66.7 Å². The number of carbonyl (C=O) groups is 2. The lowest BCUT2D eigenvalue weighted by Gasteiger charge is -2.24. The summed E-state index contributed by atoms with van der Waals surface area (Å²) in [6.07, 6.45) is 1.95. The first-order valence-electron chi connectivity index (χ1n) is 11.1. The molecule has 6 nitrogen and oxygen atoms in total. The van der Waals surface area contributed by atoms with E-state index in [1.165, 1.54) is 12.1 Å². The Morgan fingerprint density at radius 1 is 1.06 bits per heavy atom. The standard InChI is InChI=1S/C27H23FN4O2/c28-21-11-12-22-23(14-25(33)30-24(22)13-21)27(34)29-15-20-17-32(16-18-7-3-1-4-8-18)31-26(20)19-9-5-2-6-10-19/h1-13,17,23H,14-16H2,(H,29,34)(H,30,33)/t23-/m0/s1. The molecule has 4 aromatic rings. The zero-order valence-corrected chi connectivity index (χ0v) is 18.4. The van der Waals surface area contributed by atoms with Gasteiger partial charge in [-0.05, 0) is 23.3 Å². The highest BCUT2D eigenvalue weighted by Crippen LogP contribution is 2.33. The van der Waals surface area contributed by atoms with E-state index in [0.29, 0.717) is 17.8 Å². The minimum Gasteiger partial charge on any atom is -0.351 e. The van der Waals surface area contributed by atoms with E-state index in [0.717, 1.165) is 22.4 Å². The van der Waals surface area contributed by atoms with Crippen molar-refractivity contribution in [1.29, 1.82) is 0 Å². The van der Waals surface area contributed by atoms with Gasteiger partial charge in [0.2, 0.25) is 11.8 Å². The van der Waals surface area contributed by atoms with Crippen molar-refractivity contribution < 1.29 is 14.0 Å². The van der Waals surface area contributed by atoms with Crippen molar-refractivity contribution in [2.45, 2.75) is 25.4 Å².